The number of carbonyl (C=O) groups is 2. The minimum absolute atomic E-state index is 0.0648. The first-order valence-electron chi connectivity index (χ1n) is 8.73. The van der Waals surface area contributed by atoms with Crippen molar-refractivity contribution >= 4 is 39.2 Å². The van der Waals surface area contributed by atoms with Gasteiger partial charge in [0, 0.05) is 19.2 Å². The molecule has 1 aromatic rings. The van der Waals surface area contributed by atoms with Crippen LogP contribution in [-0.2, 0) is 24.3 Å². The lowest BCUT2D eigenvalue weighted by molar-refractivity contribution is -0.142. The lowest BCUT2D eigenvalue weighted by Crippen LogP contribution is -2.32. The van der Waals surface area contributed by atoms with E-state index in [1.807, 2.05) is 0 Å². The first-order chi connectivity index (χ1) is 12.8. The smallest absolute Gasteiger partial charge is 0.330 e. The van der Waals surface area contributed by atoms with Crippen molar-refractivity contribution in [2.24, 2.45) is 0 Å². The van der Waals surface area contributed by atoms with Crippen LogP contribution in [0, 0.1) is 0 Å². The highest BCUT2D eigenvalue weighted by Gasteiger charge is 2.26. The van der Waals surface area contributed by atoms with Gasteiger partial charge in [-0.3, -0.25) is 4.79 Å². The molecule has 0 atom stereocenters. The number of anilines is 1. The Labute approximate surface area is 164 Å². The summed E-state index contributed by atoms with van der Waals surface area (Å²) in [6.45, 7) is 2.11. The molecule has 1 aromatic carbocycles. The number of hydrogen-bond donors (Lipinski definition) is 1. The Hall–Kier alpha value is -1.90. The molecular weight excluding hydrogens is 392 g/mol. The largest absolute Gasteiger partial charge is 0.452 e. The van der Waals surface area contributed by atoms with Crippen molar-refractivity contribution in [1.82, 2.24) is 4.31 Å². The molecule has 1 saturated heterocycles. The van der Waals surface area contributed by atoms with Crippen molar-refractivity contribution in [1.29, 1.82) is 0 Å². The van der Waals surface area contributed by atoms with Crippen LogP contribution in [-0.4, -0.2) is 44.3 Å². The van der Waals surface area contributed by atoms with Crippen molar-refractivity contribution in [3.63, 3.8) is 0 Å². The molecule has 7 nitrogen and oxygen atoms in total. The second-order valence-corrected chi connectivity index (χ2v) is 8.46. The van der Waals surface area contributed by atoms with E-state index < -0.39 is 28.5 Å². The number of rotatable bonds is 6. The third-order valence-corrected chi connectivity index (χ3v) is 6.29. The molecule has 9 heteroatoms. The second-order valence-electron chi connectivity index (χ2n) is 6.12. The lowest BCUT2D eigenvalue weighted by atomic mass is 10.2. The van der Waals surface area contributed by atoms with Gasteiger partial charge in [0.1, 0.15) is 0 Å². The Bertz CT molecular complexity index is 815. The molecule has 0 bridgehead atoms. The minimum atomic E-state index is -3.66. The summed E-state index contributed by atoms with van der Waals surface area (Å²) in [5, 5.41) is 2.67. The van der Waals surface area contributed by atoms with Crippen LogP contribution in [0.3, 0.4) is 0 Å². The number of nitrogens with zero attached hydrogens (tertiary/aromatic N) is 1. The molecule has 0 radical (unpaired) electrons. The van der Waals surface area contributed by atoms with Gasteiger partial charge in [-0.1, -0.05) is 30.5 Å². The van der Waals surface area contributed by atoms with Crippen LogP contribution in [0.25, 0.3) is 0 Å². The van der Waals surface area contributed by atoms with Crippen LogP contribution in [0.5, 0.6) is 0 Å². The van der Waals surface area contributed by atoms with Gasteiger partial charge in [0.2, 0.25) is 10.0 Å². The Morgan fingerprint density at radius 3 is 2.52 bits per heavy atom. The summed E-state index contributed by atoms with van der Waals surface area (Å²) in [6, 6.07) is 4.17. The molecule has 0 aromatic heterocycles. The summed E-state index contributed by atoms with van der Waals surface area (Å²) in [5.74, 6) is -1.25. The summed E-state index contributed by atoms with van der Waals surface area (Å²) in [6.07, 6.45) is 6.37. The molecule has 148 valence electrons. The maximum Gasteiger partial charge on any atom is 0.330 e. The van der Waals surface area contributed by atoms with Crippen LogP contribution in [0.15, 0.2) is 35.2 Å². The van der Waals surface area contributed by atoms with Gasteiger partial charge in [-0.25, -0.2) is 13.2 Å². The molecule has 0 unspecified atom stereocenters. The van der Waals surface area contributed by atoms with Crippen molar-refractivity contribution in [2.45, 2.75) is 37.5 Å². The number of amides is 1. The van der Waals surface area contributed by atoms with Gasteiger partial charge in [0.25, 0.3) is 5.91 Å². The van der Waals surface area contributed by atoms with Gasteiger partial charge in [0.05, 0.1) is 15.6 Å². The van der Waals surface area contributed by atoms with Gasteiger partial charge in [-0.05, 0) is 38.0 Å². The molecule has 0 spiro atoms. The third-order valence-electron chi connectivity index (χ3n) is 4.06. The first kappa shape index (κ1) is 21.4. The van der Waals surface area contributed by atoms with E-state index in [1.54, 1.807) is 6.92 Å². The van der Waals surface area contributed by atoms with Crippen LogP contribution < -0.4 is 5.32 Å². The van der Waals surface area contributed by atoms with E-state index in [4.69, 9.17) is 16.3 Å². The summed E-state index contributed by atoms with van der Waals surface area (Å²) in [7, 11) is -3.66. The zero-order chi connectivity index (χ0) is 19.9. The van der Waals surface area contributed by atoms with E-state index in [2.05, 4.69) is 5.32 Å². The van der Waals surface area contributed by atoms with E-state index in [-0.39, 0.29) is 15.6 Å². The number of benzene rings is 1. The SMILES string of the molecule is C/C=C/C(=O)OCC(=O)Nc1cc(S(=O)(=O)N2CCCCCC2)ccc1Cl. The average Bonchev–Trinajstić information content (AvgIpc) is 2.92. The quantitative estimate of drug-likeness (QED) is 0.570. The van der Waals surface area contributed by atoms with Crippen molar-refractivity contribution in [2.75, 3.05) is 25.0 Å². The Morgan fingerprint density at radius 1 is 1.22 bits per heavy atom. The summed E-state index contributed by atoms with van der Waals surface area (Å²) in [4.78, 5) is 23.3. The van der Waals surface area contributed by atoms with Crippen LogP contribution in [0.2, 0.25) is 5.02 Å². The normalized spacial score (nSPS) is 16.1. The molecule has 1 heterocycles. The van der Waals surface area contributed by atoms with Crippen LogP contribution in [0.4, 0.5) is 5.69 Å². The maximum atomic E-state index is 12.9. The number of allylic oxidation sites excluding steroid dienone is 1. The van der Waals surface area contributed by atoms with Crippen molar-refractivity contribution < 1.29 is 22.7 Å². The maximum absolute atomic E-state index is 12.9. The lowest BCUT2D eigenvalue weighted by Gasteiger charge is -2.20. The molecule has 1 aliphatic heterocycles. The van der Waals surface area contributed by atoms with E-state index in [0.29, 0.717) is 13.1 Å². The molecule has 1 N–H and O–H groups in total. The number of ether oxygens (including phenoxy) is 1. The summed E-state index contributed by atoms with van der Waals surface area (Å²) >= 11 is 6.07. The number of halogens is 1. The van der Waals surface area contributed by atoms with Crippen molar-refractivity contribution in [3.05, 3.63) is 35.4 Å². The molecule has 0 aliphatic carbocycles. The fourth-order valence-electron chi connectivity index (χ4n) is 2.70. The van der Waals surface area contributed by atoms with Gasteiger partial charge < -0.3 is 10.1 Å². The fraction of sp³-hybridized carbons (Fsp3) is 0.444. The van der Waals surface area contributed by atoms with E-state index in [9.17, 15) is 18.0 Å². The van der Waals surface area contributed by atoms with E-state index in [1.165, 1.54) is 34.7 Å². The zero-order valence-electron chi connectivity index (χ0n) is 15.1. The van der Waals surface area contributed by atoms with Crippen LogP contribution in [0.1, 0.15) is 32.6 Å². The minimum Gasteiger partial charge on any atom is -0.452 e. The predicted octanol–water partition coefficient (Wildman–Crippen LogP) is 2.96. The molecular formula is C18H23ClN2O5S. The summed E-state index contributed by atoms with van der Waals surface area (Å²) in [5.41, 5.74) is 0.152. The van der Waals surface area contributed by atoms with Crippen LogP contribution >= 0.6 is 11.6 Å². The standard InChI is InChI=1S/C18H23ClN2O5S/c1-2-7-18(23)26-13-17(22)20-16-12-14(8-9-15(16)19)27(24,25)21-10-5-3-4-6-11-21/h2,7-9,12H,3-6,10-11,13H2,1H3,(H,20,22)/b7-2+. The van der Waals surface area contributed by atoms with Gasteiger partial charge >= 0.3 is 5.97 Å². The Balaban J connectivity index is 2.13. The molecule has 1 amide bonds. The first-order valence-corrected chi connectivity index (χ1v) is 10.6. The Kier molecular flexibility index (Phi) is 7.82. The van der Waals surface area contributed by atoms with Gasteiger partial charge in [-0.15, -0.1) is 0 Å². The molecule has 2 rings (SSSR count). The fourth-order valence-corrected chi connectivity index (χ4v) is 4.41. The van der Waals surface area contributed by atoms with Gasteiger partial charge in [-0.2, -0.15) is 4.31 Å². The number of sulfonamides is 1. The molecule has 1 aliphatic rings. The third kappa shape index (κ3) is 6.05. The topological polar surface area (TPSA) is 92.8 Å². The number of carbonyl (C=O) groups excluding carboxylic acids is 2. The number of esters is 1. The molecule has 0 saturated carbocycles. The number of nitrogens with one attached hydrogen (secondary N) is 1. The monoisotopic (exact) mass is 414 g/mol. The highest BCUT2D eigenvalue weighted by atomic mass is 35.5. The van der Waals surface area contributed by atoms with E-state index in [0.717, 1.165) is 25.7 Å². The highest BCUT2D eigenvalue weighted by Crippen LogP contribution is 2.28. The average molecular weight is 415 g/mol. The van der Waals surface area contributed by atoms with Crippen molar-refractivity contribution in [3.8, 4) is 0 Å². The molecule has 1 fully saturated rings. The highest BCUT2D eigenvalue weighted by molar-refractivity contribution is 7.89. The Morgan fingerprint density at radius 2 is 1.89 bits per heavy atom. The second kappa shape index (κ2) is 9.87. The predicted molar refractivity (Wildman–Crippen MR) is 103 cm³/mol. The molecule has 27 heavy (non-hydrogen) atoms. The van der Waals surface area contributed by atoms with Gasteiger partial charge in [0.15, 0.2) is 6.61 Å². The van der Waals surface area contributed by atoms with E-state index >= 15 is 0 Å². The zero-order valence-corrected chi connectivity index (χ0v) is 16.7. The number of hydrogen-bond acceptors (Lipinski definition) is 5. The summed E-state index contributed by atoms with van der Waals surface area (Å²) < 4.78 is 32.0.